The van der Waals surface area contributed by atoms with E-state index in [0.717, 1.165) is 56.6 Å². The number of amides is 2. The quantitative estimate of drug-likeness (QED) is 0.150. The third-order valence-corrected chi connectivity index (χ3v) is 15.4. The van der Waals surface area contributed by atoms with Crippen molar-refractivity contribution in [2.75, 3.05) is 22.1 Å². The zero-order valence-corrected chi connectivity index (χ0v) is 36.9. The molecule has 4 unspecified atom stereocenters. The molecular formula is C44H50N4O4S5. The maximum atomic E-state index is 13.6. The molecule has 4 aromatic carbocycles. The summed E-state index contributed by atoms with van der Waals surface area (Å²) in [5, 5.41) is 5.90. The van der Waals surface area contributed by atoms with Gasteiger partial charge in [-0.2, -0.15) is 0 Å². The third kappa shape index (κ3) is 10.9. The van der Waals surface area contributed by atoms with E-state index in [1.54, 1.807) is 48.5 Å². The molecule has 0 bridgehead atoms. The second-order valence-electron chi connectivity index (χ2n) is 15.0. The molecule has 2 saturated heterocycles. The van der Waals surface area contributed by atoms with Crippen molar-refractivity contribution in [3.63, 3.8) is 0 Å². The molecule has 0 aromatic heterocycles. The first kappa shape index (κ1) is 42.8. The third-order valence-electron chi connectivity index (χ3n) is 10.8. The highest BCUT2D eigenvalue weighted by Gasteiger charge is 2.28. The fourth-order valence-electron chi connectivity index (χ4n) is 7.64. The van der Waals surface area contributed by atoms with Crippen molar-refractivity contribution >= 4 is 89.6 Å². The normalized spacial score (nSPS) is 19.8. The number of rotatable bonds is 10. The van der Waals surface area contributed by atoms with Gasteiger partial charge in [-0.25, -0.2) is 8.42 Å². The minimum absolute atomic E-state index is 0.113. The molecule has 4 atom stereocenters. The summed E-state index contributed by atoms with van der Waals surface area (Å²) in [5.41, 5.74) is 4.88. The largest absolute Gasteiger partial charge is 0.352 e. The highest BCUT2D eigenvalue weighted by Crippen LogP contribution is 2.31. The van der Waals surface area contributed by atoms with Crippen molar-refractivity contribution in [1.29, 1.82) is 0 Å². The maximum absolute atomic E-state index is 13.6. The van der Waals surface area contributed by atoms with Gasteiger partial charge in [-0.3, -0.25) is 9.59 Å². The molecule has 8 nitrogen and oxygen atoms in total. The van der Waals surface area contributed by atoms with E-state index in [9.17, 15) is 18.0 Å². The van der Waals surface area contributed by atoms with E-state index < -0.39 is 9.84 Å². The molecule has 2 fully saturated rings. The highest BCUT2D eigenvalue weighted by molar-refractivity contribution is 8.23. The Morgan fingerprint density at radius 2 is 0.825 bits per heavy atom. The lowest BCUT2D eigenvalue weighted by atomic mass is 9.99. The summed E-state index contributed by atoms with van der Waals surface area (Å²) >= 11 is 14.1. The second-order valence-corrected chi connectivity index (χ2v) is 20.2. The van der Waals surface area contributed by atoms with E-state index in [0.29, 0.717) is 35.5 Å². The topological polar surface area (TPSA) is 98.8 Å². The predicted molar refractivity (Wildman–Crippen MR) is 246 cm³/mol. The van der Waals surface area contributed by atoms with Gasteiger partial charge in [-0.15, -0.1) is 0 Å². The number of thioether (sulfide) groups is 2. The Labute approximate surface area is 356 Å². The average Bonchev–Trinajstić information content (AvgIpc) is 3.20. The molecule has 2 N–H and O–H groups in total. The highest BCUT2D eigenvalue weighted by atomic mass is 32.2. The number of carbonyl (C=O) groups is 2. The molecule has 0 saturated carbocycles. The van der Waals surface area contributed by atoms with Crippen LogP contribution < -0.4 is 10.6 Å². The van der Waals surface area contributed by atoms with Gasteiger partial charge in [0.25, 0.3) is 0 Å². The number of sulfone groups is 1. The molecular weight excluding hydrogens is 809 g/mol. The molecule has 2 aliphatic rings. The van der Waals surface area contributed by atoms with Gasteiger partial charge in [-0.1, -0.05) is 96.5 Å². The standard InChI is InChI=1S/C44H50N4O4S5/c1-29-7-5-8-30(2)47(29)43(53)55-27-41(49)45-37-19-11-33(12-20-37)35-15-23-39(24-16-35)57(51,52)40-25-17-36(18-26-40)34-13-21-38(22-14-34)46-42(50)28-56-44(54)48-31(3)9-6-10-32(48)4/h11-26,29-32H,5-10,27-28H2,1-4H3,(H,45,49)(H,46,50). The molecule has 2 amide bonds. The predicted octanol–water partition coefficient (Wildman–Crippen LogP) is 10.3. The van der Waals surface area contributed by atoms with Crippen molar-refractivity contribution < 1.29 is 18.0 Å². The van der Waals surface area contributed by atoms with Crippen LogP contribution in [0.25, 0.3) is 22.3 Å². The molecule has 13 heteroatoms. The number of hydrogen-bond acceptors (Lipinski definition) is 8. The van der Waals surface area contributed by atoms with E-state index >= 15 is 0 Å². The summed E-state index contributed by atoms with van der Waals surface area (Å²) in [6.07, 6.45) is 6.89. The van der Waals surface area contributed by atoms with Crippen LogP contribution >= 0.6 is 48.0 Å². The molecule has 0 aliphatic carbocycles. The second kappa shape index (κ2) is 19.3. The van der Waals surface area contributed by atoms with Gasteiger partial charge < -0.3 is 20.4 Å². The number of anilines is 2. The number of benzene rings is 4. The molecule has 0 radical (unpaired) electrons. The molecule has 57 heavy (non-hydrogen) atoms. The van der Waals surface area contributed by atoms with Gasteiger partial charge in [0.05, 0.1) is 21.3 Å². The van der Waals surface area contributed by atoms with Crippen LogP contribution in [0.4, 0.5) is 11.4 Å². The van der Waals surface area contributed by atoms with E-state index in [2.05, 4.69) is 48.1 Å². The Hall–Kier alpha value is -3.75. The Morgan fingerprint density at radius 3 is 1.12 bits per heavy atom. The lowest BCUT2D eigenvalue weighted by molar-refractivity contribution is -0.114. The van der Waals surface area contributed by atoms with Gasteiger partial charge in [0.1, 0.15) is 8.64 Å². The number of thiocarbonyl (C=S) groups is 2. The number of hydrogen-bond donors (Lipinski definition) is 2. The summed E-state index contributed by atoms with van der Waals surface area (Å²) in [4.78, 5) is 30.3. The molecule has 2 aliphatic heterocycles. The molecule has 2 heterocycles. The number of nitrogens with one attached hydrogen (secondary N) is 2. The van der Waals surface area contributed by atoms with Crippen LogP contribution in [0.1, 0.15) is 66.2 Å². The van der Waals surface area contributed by atoms with E-state index in [1.807, 2.05) is 48.5 Å². The first-order chi connectivity index (χ1) is 27.3. The van der Waals surface area contributed by atoms with Gasteiger partial charge in [0, 0.05) is 35.5 Å². The van der Waals surface area contributed by atoms with E-state index in [1.165, 1.54) is 36.4 Å². The van der Waals surface area contributed by atoms with Gasteiger partial charge in [0.15, 0.2) is 0 Å². The minimum Gasteiger partial charge on any atom is -0.352 e. The van der Waals surface area contributed by atoms with Crippen LogP contribution in [0.3, 0.4) is 0 Å². The van der Waals surface area contributed by atoms with Crippen molar-refractivity contribution in [3.05, 3.63) is 97.1 Å². The van der Waals surface area contributed by atoms with Crippen LogP contribution in [0.15, 0.2) is 107 Å². The summed E-state index contributed by atoms with van der Waals surface area (Å²) in [7, 11) is -3.75. The molecule has 0 spiro atoms. The summed E-state index contributed by atoms with van der Waals surface area (Å²) in [6, 6.07) is 30.2. The number of piperidine rings is 2. The van der Waals surface area contributed by atoms with E-state index in [-0.39, 0.29) is 33.1 Å². The van der Waals surface area contributed by atoms with Crippen molar-refractivity contribution in [2.45, 2.75) is 100 Å². The van der Waals surface area contributed by atoms with Gasteiger partial charge in [0.2, 0.25) is 21.7 Å². The van der Waals surface area contributed by atoms with Gasteiger partial charge in [-0.05, 0) is 137 Å². The first-order valence-electron chi connectivity index (χ1n) is 19.5. The Balaban J connectivity index is 0.989. The number of nitrogens with zero attached hydrogens (tertiary/aromatic N) is 2. The van der Waals surface area contributed by atoms with Crippen LogP contribution in [-0.2, 0) is 19.4 Å². The van der Waals surface area contributed by atoms with Crippen molar-refractivity contribution in [3.8, 4) is 22.3 Å². The van der Waals surface area contributed by atoms with Crippen LogP contribution in [-0.4, -0.2) is 74.3 Å². The SMILES string of the molecule is CC1CCCC(C)N1C(=S)SCC(=O)Nc1ccc(-c2ccc(S(=O)(=O)c3ccc(-c4ccc(NC(=O)CSC(=S)N5C(C)CCCC5C)cc4)cc3)cc2)cc1. The molecule has 6 rings (SSSR count). The molecule has 4 aromatic rings. The summed E-state index contributed by atoms with van der Waals surface area (Å²) < 4.78 is 28.7. The Kier molecular flexibility index (Phi) is 14.5. The lowest BCUT2D eigenvalue weighted by Gasteiger charge is -2.40. The van der Waals surface area contributed by atoms with Crippen molar-refractivity contribution in [1.82, 2.24) is 9.80 Å². The summed E-state index contributed by atoms with van der Waals surface area (Å²) in [6.45, 7) is 8.77. The molecule has 300 valence electrons. The minimum atomic E-state index is -3.75. The average molecular weight is 859 g/mol. The van der Waals surface area contributed by atoms with E-state index in [4.69, 9.17) is 24.4 Å². The first-order valence-corrected chi connectivity index (χ1v) is 23.7. The summed E-state index contributed by atoms with van der Waals surface area (Å²) in [5.74, 6) is 0.268. The van der Waals surface area contributed by atoms with Crippen molar-refractivity contribution in [2.24, 2.45) is 0 Å². The Morgan fingerprint density at radius 1 is 0.544 bits per heavy atom. The number of likely N-dealkylation sites (tertiary alicyclic amines) is 2. The Bertz CT molecular complexity index is 1990. The van der Waals surface area contributed by atoms with Gasteiger partial charge >= 0.3 is 0 Å². The zero-order valence-electron chi connectivity index (χ0n) is 32.8. The lowest BCUT2D eigenvalue weighted by Crippen LogP contribution is -2.45. The maximum Gasteiger partial charge on any atom is 0.234 e. The van der Waals surface area contributed by atoms with Crippen LogP contribution in [0, 0.1) is 0 Å². The smallest absolute Gasteiger partial charge is 0.234 e. The fraction of sp³-hybridized carbons (Fsp3) is 0.364. The van der Waals surface area contributed by atoms with Crippen LogP contribution in [0.5, 0.6) is 0 Å². The van der Waals surface area contributed by atoms with Crippen LogP contribution in [0.2, 0.25) is 0 Å². The zero-order chi connectivity index (χ0) is 40.7. The monoisotopic (exact) mass is 858 g/mol. The fourth-order valence-corrected chi connectivity index (χ4v) is 11.6. The number of carbonyl (C=O) groups excluding carboxylic acids is 2.